The van der Waals surface area contributed by atoms with Crippen molar-refractivity contribution in [2.45, 2.75) is 0 Å². The molecule has 0 aliphatic carbocycles. The van der Waals surface area contributed by atoms with Crippen LogP contribution in [0.15, 0.2) is 47.5 Å². The molecule has 2 aromatic heterocycles. The first kappa shape index (κ1) is 12.7. The third-order valence-corrected chi connectivity index (χ3v) is 3.32. The molecule has 0 aliphatic heterocycles. The Labute approximate surface area is 120 Å². The van der Waals surface area contributed by atoms with E-state index in [1.807, 2.05) is 12.1 Å². The van der Waals surface area contributed by atoms with Crippen molar-refractivity contribution < 1.29 is 4.74 Å². The smallest absolute Gasteiger partial charge is 0.291 e. The van der Waals surface area contributed by atoms with E-state index in [0.29, 0.717) is 16.1 Å². The summed E-state index contributed by atoms with van der Waals surface area (Å²) in [4.78, 5) is 19.0. The predicted octanol–water partition coefficient (Wildman–Crippen LogP) is 3.25. The van der Waals surface area contributed by atoms with Gasteiger partial charge in [0, 0.05) is 39.4 Å². The van der Waals surface area contributed by atoms with Crippen LogP contribution in [0.3, 0.4) is 0 Å². The standard InChI is InChI=1S/C15H11ClN2O2/c1-20-14-13(9-3-2-6-17-8-9)11-7-10(16)4-5-12(11)18-15(14)19/h2-8H,1H3,(H,18,19). The second kappa shape index (κ2) is 4.98. The Balaban J connectivity index is 2.48. The summed E-state index contributed by atoms with van der Waals surface area (Å²) in [5.74, 6) is 0.257. The van der Waals surface area contributed by atoms with Crippen LogP contribution in [0.2, 0.25) is 5.02 Å². The average molecular weight is 287 g/mol. The highest BCUT2D eigenvalue weighted by molar-refractivity contribution is 6.31. The van der Waals surface area contributed by atoms with Crippen molar-refractivity contribution in [2.75, 3.05) is 7.11 Å². The van der Waals surface area contributed by atoms with E-state index in [4.69, 9.17) is 16.3 Å². The fraction of sp³-hybridized carbons (Fsp3) is 0.0667. The number of ether oxygens (including phenoxy) is 1. The molecule has 2 heterocycles. The van der Waals surface area contributed by atoms with Gasteiger partial charge in [-0.3, -0.25) is 9.78 Å². The highest BCUT2D eigenvalue weighted by Gasteiger charge is 2.15. The van der Waals surface area contributed by atoms with Crippen LogP contribution in [-0.2, 0) is 0 Å². The van der Waals surface area contributed by atoms with Gasteiger partial charge in [0.15, 0.2) is 5.75 Å². The number of benzene rings is 1. The third kappa shape index (κ3) is 2.04. The van der Waals surface area contributed by atoms with Crippen molar-refractivity contribution in [3.05, 3.63) is 58.1 Å². The first-order valence-electron chi connectivity index (χ1n) is 6.00. The maximum Gasteiger partial charge on any atom is 0.291 e. The number of nitrogens with one attached hydrogen (secondary N) is 1. The molecule has 5 heteroatoms. The normalized spacial score (nSPS) is 10.7. The molecule has 0 saturated carbocycles. The van der Waals surface area contributed by atoms with Crippen molar-refractivity contribution >= 4 is 22.5 Å². The van der Waals surface area contributed by atoms with Crippen LogP contribution < -0.4 is 10.3 Å². The Kier molecular flexibility index (Phi) is 3.16. The number of hydrogen-bond acceptors (Lipinski definition) is 3. The van der Waals surface area contributed by atoms with E-state index in [9.17, 15) is 4.79 Å². The number of halogens is 1. The number of aromatic amines is 1. The molecule has 0 amide bonds. The van der Waals surface area contributed by atoms with E-state index >= 15 is 0 Å². The fourth-order valence-electron chi connectivity index (χ4n) is 2.24. The number of nitrogens with zero attached hydrogens (tertiary/aromatic N) is 1. The molecule has 0 atom stereocenters. The zero-order chi connectivity index (χ0) is 14.1. The second-order valence-electron chi connectivity index (χ2n) is 4.29. The van der Waals surface area contributed by atoms with Crippen LogP contribution in [0.1, 0.15) is 0 Å². The van der Waals surface area contributed by atoms with E-state index in [-0.39, 0.29) is 11.3 Å². The molecule has 1 aromatic carbocycles. The summed E-state index contributed by atoms with van der Waals surface area (Å²) in [5, 5.41) is 1.42. The SMILES string of the molecule is COc1c(-c2cccnc2)c2cc(Cl)ccc2[nH]c1=O. The van der Waals surface area contributed by atoms with E-state index in [2.05, 4.69) is 9.97 Å². The zero-order valence-electron chi connectivity index (χ0n) is 10.7. The lowest BCUT2D eigenvalue weighted by Gasteiger charge is -2.11. The highest BCUT2D eigenvalue weighted by atomic mass is 35.5. The highest BCUT2D eigenvalue weighted by Crippen LogP contribution is 2.34. The van der Waals surface area contributed by atoms with E-state index < -0.39 is 0 Å². The second-order valence-corrected chi connectivity index (χ2v) is 4.73. The van der Waals surface area contributed by atoms with Crippen molar-refractivity contribution in [1.29, 1.82) is 0 Å². The predicted molar refractivity (Wildman–Crippen MR) is 79.4 cm³/mol. The maximum atomic E-state index is 12.1. The van der Waals surface area contributed by atoms with Crippen LogP contribution in [0.5, 0.6) is 5.75 Å². The summed E-state index contributed by atoms with van der Waals surface area (Å²) in [7, 11) is 1.47. The van der Waals surface area contributed by atoms with Gasteiger partial charge in [-0.1, -0.05) is 17.7 Å². The molecule has 0 spiro atoms. The van der Waals surface area contributed by atoms with Crippen LogP contribution in [0, 0.1) is 0 Å². The molecule has 0 radical (unpaired) electrons. The van der Waals surface area contributed by atoms with Crippen molar-refractivity contribution in [1.82, 2.24) is 9.97 Å². The van der Waals surface area contributed by atoms with Gasteiger partial charge in [0.2, 0.25) is 0 Å². The molecule has 1 N–H and O–H groups in total. The minimum Gasteiger partial charge on any atom is -0.491 e. The van der Waals surface area contributed by atoms with Gasteiger partial charge in [0.05, 0.1) is 7.11 Å². The Morgan fingerprint density at radius 2 is 2.15 bits per heavy atom. The first-order chi connectivity index (χ1) is 9.70. The minimum absolute atomic E-state index is 0.257. The molecule has 0 bridgehead atoms. The lowest BCUT2D eigenvalue weighted by Crippen LogP contribution is -2.11. The summed E-state index contributed by atoms with van der Waals surface area (Å²) in [6.45, 7) is 0. The van der Waals surface area contributed by atoms with Gasteiger partial charge in [-0.2, -0.15) is 0 Å². The largest absolute Gasteiger partial charge is 0.491 e. The van der Waals surface area contributed by atoms with Crippen molar-refractivity contribution in [2.24, 2.45) is 0 Å². The summed E-state index contributed by atoms with van der Waals surface area (Å²) in [5.41, 5.74) is 1.93. The molecule has 0 unspecified atom stereocenters. The molecule has 20 heavy (non-hydrogen) atoms. The van der Waals surface area contributed by atoms with Gasteiger partial charge in [-0.25, -0.2) is 0 Å². The Morgan fingerprint density at radius 1 is 1.30 bits per heavy atom. The van der Waals surface area contributed by atoms with Crippen LogP contribution >= 0.6 is 11.6 Å². The quantitative estimate of drug-likeness (QED) is 0.787. The summed E-state index contributed by atoms with van der Waals surface area (Å²) >= 11 is 6.06. The number of methoxy groups -OCH3 is 1. The van der Waals surface area contributed by atoms with Crippen molar-refractivity contribution in [3.8, 4) is 16.9 Å². The maximum absolute atomic E-state index is 12.1. The van der Waals surface area contributed by atoms with Gasteiger partial charge < -0.3 is 9.72 Å². The number of hydrogen-bond donors (Lipinski definition) is 1. The molecule has 3 aromatic rings. The van der Waals surface area contributed by atoms with Crippen molar-refractivity contribution in [3.63, 3.8) is 0 Å². The Morgan fingerprint density at radius 3 is 2.85 bits per heavy atom. The van der Waals surface area contributed by atoms with Crippen LogP contribution in [0.25, 0.3) is 22.0 Å². The molecule has 4 nitrogen and oxygen atoms in total. The van der Waals surface area contributed by atoms with Gasteiger partial charge in [-0.05, 0) is 24.3 Å². The lowest BCUT2D eigenvalue weighted by atomic mass is 10.0. The number of aromatic nitrogens is 2. The number of pyridine rings is 2. The summed E-state index contributed by atoms with van der Waals surface area (Å²) in [6, 6.07) is 9.01. The number of H-pyrrole nitrogens is 1. The molecule has 0 saturated heterocycles. The monoisotopic (exact) mass is 286 g/mol. The molecule has 100 valence electrons. The molecule has 0 aliphatic rings. The molecular formula is C15H11ClN2O2. The Hall–Kier alpha value is -2.33. The van der Waals surface area contributed by atoms with Crippen LogP contribution in [-0.4, -0.2) is 17.1 Å². The minimum atomic E-state index is -0.277. The summed E-state index contributed by atoms with van der Waals surface area (Å²) in [6.07, 6.45) is 3.37. The van der Waals surface area contributed by atoms with E-state index in [0.717, 1.165) is 10.9 Å². The van der Waals surface area contributed by atoms with Gasteiger partial charge in [0.1, 0.15) is 0 Å². The van der Waals surface area contributed by atoms with Gasteiger partial charge in [-0.15, -0.1) is 0 Å². The van der Waals surface area contributed by atoms with Crippen LogP contribution in [0.4, 0.5) is 0 Å². The van der Waals surface area contributed by atoms with Gasteiger partial charge >= 0.3 is 0 Å². The average Bonchev–Trinajstić information content (AvgIpc) is 2.47. The number of fused-ring (bicyclic) bond motifs is 1. The molecular weight excluding hydrogens is 276 g/mol. The molecule has 3 rings (SSSR count). The third-order valence-electron chi connectivity index (χ3n) is 3.09. The first-order valence-corrected chi connectivity index (χ1v) is 6.38. The van der Waals surface area contributed by atoms with Gasteiger partial charge in [0.25, 0.3) is 5.56 Å². The topological polar surface area (TPSA) is 55.0 Å². The van der Waals surface area contributed by atoms with E-state index in [1.54, 1.807) is 30.6 Å². The zero-order valence-corrected chi connectivity index (χ0v) is 11.4. The van der Waals surface area contributed by atoms with E-state index in [1.165, 1.54) is 7.11 Å². The summed E-state index contributed by atoms with van der Waals surface area (Å²) < 4.78 is 5.26. The lowest BCUT2D eigenvalue weighted by molar-refractivity contribution is 0.411. The number of rotatable bonds is 2. The Bertz CT molecular complexity index is 828. The molecule has 0 fully saturated rings. The fourth-order valence-corrected chi connectivity index (χ4v) is 2.41.